The van der Waals surface area contributed by atoms with Crippen molar-refractivity contribution in [1.82, 2.24) is 4.98 Å². The van der Waals surface area contributed by atoms with Crippen molar-refractivity contribution < 1.29 is 4.42 Å². The van der Waals surface area contributed by atoms with Gasteiger partial charge in [0.1, 0.15) is 6.26 Å². The summed E-state index contributed by atoms with van der Waals surface area (Å²) >= 11 is 3.38. The standard InChI is InChI=1S/C9H7BrN2O/c10-7-2-1-3-8(6-7)12-9-11-4-5-13-9/h1-6H,(H,11,12). The number of anilines is 2. The van der Waals surface area contributed by atoms with Crippen molar-refractivity contribution in [2.24, 2.45) is 0 Å². The molecule has 0 spiro atoms. The third-order valence-corrected chi connectivity index (χ3v) is 2.00. The summed E-state index contributed by atoms with van der Waals surface area (Å²) in [4.78, 5) is 3.95. The third kappa shape index (κ3) is 2.09. The fourth-order valence-electron chi connectivity index (χ4n) is 0.975. The second-order valence-corrected chi connectivity index (χ2v) is 3.39. The summed E-state index contributed by atoms with van der Waals surface area (Å²) in [7, 11) is 0. The maximum atomic E-state index is 5.04. The van der Waals surface area contributed by atoms with E-state index >= 15 is 0 Å². The van der Waals surface area contributed by atoms with Crippen LogP contribution in [0.4, 0.5) is 11.7 Å². The fraction of sp³-hybridized carbons (Fsp3) is 0. The smallest absolute Gasteiger partial charge is 0.299 e. The highest BCUT2D eigenvalue weighted by molar-refractivity contribution is 9.10. The van der Waals surface area contributed by atoms with Gasteiger partial charge in [0.25, 0.3) is 6.01 Å². The first-order valence-electron chi connectivity index (χ1n) is 3.77. The summed E-state index contributed by atoms with van der Waals surface area (Å²) in [5, 5.41) is 3.02. The van der Waals surface area contributed by atoms with Crippen LogP contribution in [0.15, 0.2) is 45.6 Å². The minimum atomic E-state index is 0.498. The molecule has 0 saturated carbocycles. The van der Waals surface area contributed by atoms with Gasteiger partial charge in [-0.25, -0.2) is 4.98 Å². The van der Waals surface area contributed by atoms with E-state index in [1.165, 1.54) is 6.26 Å². The molecule has 4 heteroatoms. The molecule has 1 aromatic carbocycles. The molecule has 0 fully saturated rings. The lowest BCUT2D eigenvalue weighted by atomic mass is 10.3. The van der Waals surface area contributed by atoms with Gasteiger partial charge in [0, 0.05) is 10.2 Å². The molecule has 66 valence electrons. The highest BCUT2D eigenvalue weighted by Gasteiger charge is 1.97. The maximum absolute atomic E-state index is 5.04. The van der Waals surface area contributed by atoms with E-state index in [2.05, 4.69) is 26.2 Å². The van der Waals surface area contributed by atoms with Gasteiger partial charge in [0.15, 0.2) is 0 Å². The summed E-state index contributed by atoms with van der Waals surface area (Å²) < 4.78 is 6.06. The molecule has 2 aromatic rings. The number of aromatic nitrogens is 1. The van der Waals surface area contributed by atoms with Gasteiger partial charge in [-0.15, -0.1) is 0 Å². The van der Waals surface area contributed by atoms with Gasteiger partial charge < -0.3 is 9.73 Å². The van der Waals surface area contributed by atoms with Crippen LogP contribution in [0.25, 0.3) is 0 Å². The Hall–Kier alpha value is -1.29. The van der Waals surface area contributed by atoms with Crippen LogP contribution in [0.5, 0.6) is 0 Å². The van der Waals surface area contributed by atoms with Crippen LogP contribution in [0.1, 0.15) is 0 Å². The molecule has 1 aromatic heterocycles. The van der Waals surface area contributed by atoms with Crippen molar-refractivity contribution in [1.29, 1.82) is 0 Å². The average molecular weight is 239 g/mol. The molecule has 0 bridgehead atoms. The van der Waals surface area contributed by atoms with E-state index in [1.807, 2.05) is 24.3 Å². The molecule has 2 rings (SSSR count). The predicted molar refractivity (Wildman–Crippen MR) is 53.9 cm³/mol. The highest BCUT2D eigenvalue weighted by atomic mass is 79.9. The van der Waals surface area contributed by atoms with Crippen LogP contribution in [0, 0.1) is 0 Å². The molecule has 0 aliphatic carbocycles. The van der Waals surface area contributed by atoms with Crippen LogP contribution in [-0.2, 0) is 0 Å². The molecule has 0 aliphatic rings. The van der Waals surface area contributed by atoms with Crippen molar-refractivity contribution in [2.45, 2.75) is 0 Å². The van der Waals surface area contributed by atoms with Gasteiger partial charge in [0.05, 0.1) is 6.20 Å². The number of rotatable bonds is 2. The molecule has 0 unspecified atom stereocenters. The van der Waals surface area contributed by atoms with Gasteiger partial charge >= 0.3 is 0 Å². The lowest BCUT2D eigenvalue weighted by Crippen LogP contribution is -1.88. The SMILES string of the molecule is Brc1cccc(Nc2ncco2)c1. The minimum Gasteiger partial charge on any atom is -0.432 e. The topological polar surface area (TPSA) is 38.1 Å². The van der Waals surface area contributed by atoms with Crippen molar-refractivity contribution >= 4 is 27.6 Å². The Morgan fingerprint density at radius 2 is 2.31 bits per heavy atom. The molecule has 0 amide bonds. The van der Waals surface area contributed by atoms with Crippen LogP contribution in [0.3, 0.4) is 0 Å². The zero-order chi connectivity index (χ0) is 9.10. The van der Waals surface area contributed by atoms with Crippen LogP contribution in [0.2, 0.25) is 0 Å². The van der Waals surface area contributed by atoms with Gasteiger partial charge in [-0.2, -0.15) is 0 Å². The zero-order valence-electron chi connectivity index (χ0n) is 6.70. The molecule has 0 saturated heterocycles. The summed E-state index contributed by atoms with van der Waals surface area (Å²) in [6.45, 7) is 0. The molecular weight excluding hydrogens is 232 g/mol. The first-order chi connectivity index (χ1) is 6.34. The van der Waals surface area contributed by atoms with Gasteiger partial charge in [-0.1, -0.05) is 22.0 Å². The Labute approximate surface area is 83.9 Å². The number of benzene rings is 1. The number of hydrogen-bond donors (Lipinski definition) is 1. The predicted octanol–water partition coefficient (Wildman–Crippen LogP) is 3.18. The van der Waals surface area contributed by atoms with E-state index in [0.29, 0.717) is 6.01 Å². The molecular formula is C9H7BrN2O. The molecule has 1 heterocycles. The lowest BCUT2D eigenvalue weighted by molar-refractivity contribution is 0.578. The summed E-state index contributed by atoms with van der Waals surface area (Å²) in [5.74, 6) is 0. The third-order valence-electron chi connectivity index (χ3n) is 1.51. The fourth-order valence-corrected chi connectivity index (χ4v) is 1.37. The van der Waals surface area contributed by atoms with Crippen molar-refractivity contribution in [3.63, 3.8) is 0 Å². The normalized spacial score (nSPS) is 9.92. The van der Waals surface area contributed by atoms with Gasteiger partial charge in [-0.05, 0) is 18.2 Å². The van der Waals surface area contributed by atoms with E-state index in [9.17, 15) is 0 Å². The van der Waals surface area contributed by atoms with Crippen molar-refractivity contribution in [3.05, 3.63) is 41.2 Å². The lowest BCUT2D eigenvalue weighted by Gasteiger charge is -2.00. The Morgan fingerprint density at radius 3 is 3.00 bits per heavy atom. The quantitative estimate of drug-likeness (QED) is 0.874. The Kier molecular flexibility index (Phi) is 2.31. The van der Waals surface area contributed by atoms with Crippen LogP contribution >= 0.6 is 15.9 Å². The largest absolute Gasteiger partial charge is 0.432 e. The number of halogens is 1. The molecule has 1 N–H and O–H groups in total. The molecule has 3 nitrogen and oxygen atoms in total. The number of nitrogens with one attached hydrogen (secondary N) is 1. The maximum Gasteiger partial charge on any atom is 0.299 e. The summed E-state index contributed by atoms with van der Waals surface area (Å²) in [5.41, 5.74) is 0.942. The zero-order valence-corrected chi connectivity index (χ0v) is 8.28. The summed E-state index contributed by atoms with van der Waals surface area (Å²) in [6.07, 6.45) is 3.13. The van der Waals surface area contributed by atoms with Crippen LogP contribution in [-0.4, -0.2) is 4.98 Å². The van der Waals surface area contributed by atoms with E-state index in [-0.39, 0.29) is 0 Å². The van der Waals surface area contributed by atoms with Gasteiger partial charge in [-0.3, -0.25) is 0 Å². The Balaban J connectivity index is 2.19. The molecule has 0 radical (unpaired) electrons. The van der Waals surface area contributed by atoms with Crippen molar-refractivity contribution in [2.75, 3.05) is 5.32 Å². The number of hydrogen-bond acceptors (Lipinski definition) is 3. The Morgan fingerprint density at radius 1 is 1.38 bits per heavy atom. The van der Waals surface area contributed by atoms with E-state index < -0.39 is 0 Å². The number of oxazole rings is 1. The van der Waals surface area contributed by atoms with E-state index in [1.54, 1.807) is 6.20 Å². The first kappa shape index (κ1) is 8.31. The van der Waals surface area contributed by atoms with E-state index in [4.69, 9.17) is 4.42 Å². The second-order valence-electron chi connectivity index (χ2n) is 2.47. The van der Waals surface area contributed by atoms with Gasteiger partial charge in [0.2, 0.25) is 0 Å². The number of nitrogens with zero attached hydrogens (tertiary/aromatic N) is 1. The Bertz CT molecular complexity index is 386. The first-order valence-corrected chi connectivity index (χ1v) is 4.56. The van der Waals surface area contributed by atoms with Crippen LogP contribution < -0.4 is 5.32 Å². The molecule has 0 atom stereocenters. The van der Waals surface area contributed by atoms with Crippen molar-refractivity contribution in [3.8, 4) is 0 Å². The monoisotopic (exact) mass is 238 g/mol. The molecule has 13 heavy (non-hydrogen) atoms. The average Bonchev–Trinajstić information content (AvgIpc) is 2.57. The van der Waals surface area contributed by atoms with E-state index in [0.717, 1.165) is 10.2 Å². The minimum absolute atomic E-state index is 0.498. The second kappa shape index (κ2) is 3.62. The highest BCUT2D eigenvalue weighted by Crippen LogP contribution is 2.18. The molecule has 0 aliphatic heterocycles. The summed E-state index contributed by atoms with van der Waals surface area (Å²) in [6, 6.07) is 8.29.